The summed E-state index contributed by atoms with van der Waals surface area (Å²) in [5.41, 5.74) is -10.0. The number of rotatable bonds is 31. The molecule has 6 N–H and O–H groups in total. The van der Waals surface area contributed by atoms with Crippen LogP contribution in [-0.4, -0.2) is 194 Å². The number of aromatic nitrogens is 4. The van der Waals surface area contributed by atoms with Gasteiger partial charge in [-0.1, -0.05) is 51.7 Å². The number of ketones is 1. The average molecular weight is 1570 g/mol. The first-order valence-electron chi connectivity index (χ1n) is 33.2. The van der Waals surface area contributed by atoms with E-state index in [0.717, 1.165) is 53.2 Å². The molecule has 592 valence electrons. The third-order valence-corrected chi connectivity index (χ3v) is 19.4. The Balaban J connectivity index is 1.20. The number of Topliss-reactive ketones (excluding diaryl/α,β-unsaturated/α-hetero) is 1. The van der Waals surface area contributed by atoms with Crippen LogP contribution in [0, 0.1) is 46.1 Å². The molecule has 0 spiro atoms. The van der Waals surface area contributed by atoms with Gasteiger partial charge in [0, 0.05) is 90.3 Å². The summed E-state index contributed by atoms with van der Waals surface area (Å²) in [4.78, 5) is 141. The topological polar surface area (TPSA) is 377 Å². The van der Waals surface area contributed by atoms with Crippen LogP contribution in [0.1, 0.15) is 129 Å². The fraction of sp³-hybridized carbons (Fsp3) is 0.493. The molecule has 6 atom stereocenters. The Morgan fingerprint density at radius 3 is 1.89 bits per heavy atom. The first-order valence-corrected chi connectivity index (χ1v) is 34.7. The van der Waals surface area contributed by atoms with Crippen molar-refractivity contribution in [1.29, 1.82) is 0 Å². The minimum atomic E-state index is -5.63. The molecule has 2 aromatic heterocycles. The molecule has 3 saturated heterocycles. The number of piperazine rings is 1. The van der Waals surface area contributed by atoms with Gasteiger partial charge in [-0.25, -0.2) is 52.2 Å². The van der Waals surface area contributed by atoms with Gasteiger partial charge in [0.15, 0.2) is 5.78 Å². The number of nitrogens with zero attached hydrogens (tertiary/aromatic N) is 7. The van der Waals surface area contributed by atoms with Gasteiger partial charge in [-0.05, 0) is 81.1 Å². The summed E-state index contributed by atoms with van der Waals surface area (Å²) in [5, 5.41) is 25.7. The Labute approximate surface area is 615 Å². The number of ether oxygens (including phenoxy) is 6. The van der Waals surface area contributed by atoms with Crippen molar-refractivity contribution in [2.24, 2.45) is 22.7 Å². The van der Waals surface area contributed by atoms with Crippen molar-refractivity contribution in [3.63, 3.8) is 0 Å². The van der Waals surface area contributed by atoms with Gasteiger partial charge in [-0.3, -0.25) is 39.3 Å². The normalized spacial score (nSPS) is 16.9. The van der Waals surface area contributed by atoms with Crippen LogP contribution in [0.2, 0.25) is 0 Å². The number of hydrogen-bond acceptors (Lipinski definition) is 22. The Kier molecular flexibility index (Phi) is 26.6. The van der Waals surface area contributed by atoms with Crippen molar-refractivity contribution in [3.05, 3.63) is 124 Å². The number of esters is 2. The third kappa shape index (κ3) is 21.1. The number of carboxylic acid groups (broad SMARTS) is 2. The zero-order chi connectivity index (χ0) is 80.6. The highest BCUT2D eigenvalue weighted by Crippen LogP contribution is 2.48. The van der Waals surface area contributed by atoms with E-state index in [4.69, 9.17) is 18.9 Å². The second-order valence-corrected chi connectivity index (χ2v) is 28.9. The molecule has 2 amide bonds. The Bertz CT molecular complexity index is 4280. The van der Waals surface area contributed by atoms with Gasteiger partial charge in [0.25, 0.3) is 0 Å². The van der Waals surface area contributed by atoms with Gasteiger partial charge >= 0.3 is 62.9 Å². The van der Waals surface area contributed by atoms with Gasteiger partial charge in [0.2, 0.25) is 18.6 Å². The molecular formula is C69H76F10N9O20P. The molecule has 0 aliphatic carbocycles. The highest BCUT2D eigenvalue weighted by molar-refractivity contribution is 7.46. The molecule has 8 rings (SSSR count). The van der Waals surface area contributed by atoms with E-state index in [-0.39, 0.29) is 10.2 Å². The van der Waals surface area contributed by atoms with Crippen molar-refractivity contribution in [2.75, 3.05) is 58.8 Å². The number of carbonyl (C=O) groups is 8. The van der Waals surface area contributed by atoms with Gasteiger partial charge in [0.05, 0.1) is 92.0 Å². The van der Waals surface area contributed by atoms with E-state index in [1.54, 1.807) is 0 Å². The molecule has 3 aromatic carbocycles. The molecule has 3 aliphatic rings. The van der Waals surface area contributed by atoms with Crippen LogP contribution in [0.15, 0.2) is 73.2 Å². The maximum Gasteiger partial charge on any atom is 0.524 e. The number of nitrogens with one attached hydrogen (secondary N) is 2. The maximum atomic E-state index is 16.7. The molecule has 0 radical (unpaired) electrons. The lowest BCUT2D eigenvalue weighted by atomic mass is 9.75. The maximum absolute atomic E-state index is 16.7. The molecular weight excluding hydrogens is 1500 g/mol. The first-order chi connectivity index (χ1) is 50.8. The molecule has 29 nitrogen and oxygen atoms in total. The summed E-state index contributed by atoms with van der Waals surface area (Å²) in [7, 11) is -4.12. The molecule has 2 bridgehead atoms. The number of anilines is 1. The van der Waals surface area contributed by atoms with E-state index in [1.165, 1.54) is 36.7 Å². The largest absolute Gasteiger partial charge is 0.524 e. The van der Waals surface area contributed by atoms with Crippen molar-refractivity contribution in [2.45, 2.75) is 141 Å². The SMILES string of the molecule is COC(=O)C[C@H](C(=O)NN(Cc1c(F)cc(-c2ccn(C(F)F)n2)cc1F)C[C@H](OC(=O)OCOC(=O)CC(C)(C)c1c(OP(=O)(O)O)cc(C(=O)O)cc1C(=O)O)[C@@H](CC(=O)[C@@H](NC(=O)OC)C(C)(C)C(F)(F)F)Cc1ccc(C#Cc2cnc(N3CC4CCC(C3)N4C3COC3)nc2)cc1)C(C)(C)C(F)(F)F. The summed E-state index contributed by atoms with van der Waals surface area (Å²) < 4.78 is 199. The lowest BCUT2D eigenvalue weighted by Gasteiger charge is -2.47. The fourth-order valence-corrected chi connectivity index (χ4v) is 13.2. The number of alkyl halides is 8. The number of phosphoric acid groups is 1. The van der Waals surface area contributed by atoms with Gasteiger partial charge in [-0.2, -0.15) is 40.2 Å². The lowest BCUT2D eigenvalue weighted by Crippen LogP contribution is -2.62. The molecule has 5 aromatic rings. The molecule has 2 unspecified atom stereocenters. The number of amides is 2. The van der Waals surface area contributed by atoms with Crippen LogP contribution < -0.4 is 20.2 Å². The van der Waals surface area contributed by atoms with Crippen molar-refractivity contribution in [1.82, 2.24) is 40.4 Å². The predicted octanol–water partition coefficient (Wildman–Crippen LogP) is 9.46. The number of alkyl carbamates (subject to hydrolysis) is 1. The van der Waals surface area contributed by atoms with Gasteiger partial charge in [-0.15, -0.1) is 0 Å². The Hall–Kier alpha value is -10.0. The Morgan fingerprint density at radius 2 is 1.37 bits per heavy atom. The number of methoxy groups -OCH3 is 2. The second-order valence-electron chi connectivity index (χ2n) is 27.7. The minimum Gasteiger partial charge on any atom is -0.478 e. The number of carboxylic acids is 2. The number of fused-ring (bicyclic) bond motifs is 2. The summed E-state index contributed by atoms with van der Waals surface area (Å²) in [6.45, 7) is -0.471. The monoisotopic (exact) mass is 1570 g/mol. The van der Waals surface area contributed by atoms with Crippen molar-refractivity contribution >= 4 is 61.6 Å². The van der Waals surface area contributed by atoms with E-state index < -0.39 is 211 Å². The number of phosphoric ester groups is 1. The fourth-order valence-electron chi connectivity index (χ4n) is 12.8. The van der Waals surface area contributed by atoms with E-state index in [9.17, 15) is 71.7 Å². The summed E-state index contributed by atoms with van der Waals surface area (Å²) in [5.74, 6) is -12.0. The van der Waals surface area contributed by atoms with Gasteiger partial charge in [0.1, 0.15) is 29.5 Å². The number of benzene rings is 3. The molecule has 0 saturated carbocycles. The Morgan fingerprint density at radius 1 is 0.761 bits per heavy atom. The van der Waals surface area contributed by atoms with E-state index in [1.807, 2.05) is 5.32 Å². The number of carbonyl (C=O) groups excluding carboxylic acids is 6. The second kappa shape index (κ2) is 34.3. The average Bonchev–Trinajstić information content (AvgIpc) is 1.77. The molecule has 40 heteroatoms. The van der Waals surface area contributed by atoms with Crippen molar-refractivity contribution < 1.29 is 140 Å². The summed E-state index contributed by atoms with van der Waals surface area (Å²) >= 11 is 0. The molecule has 3 fully saturated rings. The minimum absolute atomic E-state index is 0.0987. The smallest absolute Gasteiger partial charge is 0.478 e. The van der Waals surface area contributed by atoms with E-state index in [2.05, 4.69) is 56.1 Å². The van der Waals surface area contributed by atoms with Crippen LogP contribution in [-0.2, 0) is 70.5 Å². The highest BCUT2D eigenvalue weighted by atomic mass is 31.2. The highest BCUT2D eigenvalue weighted by Gasteiger charge is 2.57. The summed E-state index contributed by atoms with van der Waals surface area (Å²) in [6.07, 6.45) is -15.1. The van der Waals surface area contributed by atoms with E-state index in [0.29, 0.717) is 118 Å². The van der Waals surface area contributed by atoms with Crippen LogP contribution >= 0.6 is 7.82 Å². The first kappa shape index (κ1) is 84.6. The molecule has 3 aliphatic heterocycles. The zero-order valence-corrected chi connectivity index (χ0v) is 60.3. The quantitative estimate of drug-likeness (QED) is 0.00457. The van der Waals surface area contributed by atoms with E-state index >= 15 is 35.1 Å². The molecule has 5 heterocycles. The summed E-state index contributed by atoms with van der Waals surface area (Å²) in [6, 6.07) is 7.16. The van der Waals surface area contributed by atoms with Crippen LogP contribution in [0.25, 0.3) is 11.3 Å². The third-order valence-electron chi connectivity index (χ3n) is 19.0. The zero-order valence-electron chi connectivity index (χ0n) is 59.4. The lowest BCUT2D eigenvalue weighted by molar-refractivity contribution is -0.231. The van der Waals surface area contributed by atoms with Crippen molar-refractivity contribution in [3.8, 4) is 28.8 Å². The predicted molar refractivity (Wildman–Crippen MR) is 356 cm³/mol. The number of aromatic carboxylic acids is 2. The van der Waals surface area contributed by atoms with Crippen LogP contribution in [0.3, 0.4) is 0 Å². The molecule has 109 heavy (non-hydrogen) atoms. The number of halogens is 10. The van der Waals surface area contributed by atoms with Gasteiger partial charge < -0.3 is 53.4 Å². The van der Waals surface area contributed by atoms with Crippen LogP contribution in [0.4, 0.5) is 59.4 Å². The van der Waals surface area contributed by atoms with Crippen LogP contribution in [0.5, 0.6) is 5.75 Å². The number of hydrogen-bond donors (Lipinski definition) is 6. The number of hydrazine groups is 1. The standard InChI is InChI=1S/C69H76F10N9O20P/c1-65(2,56-45(60(95)96)20-41(59(93)94)24-52(56)108-109(99,100)101)26-55(91)105-35-106-64(98)107-53(32-86(84-58(92)47(25-54(90)102-7)66(3,4)68(74,75)76)31-46-48(70)21-39(22-49(46)71)50-17-18-87(83-50)61(72)73)40(23-51(89)57(82-63(97)103-8)67(5,6)69(77,78)79)19-37-12-9-36(10-13-37)11-14-38-27-80-62(81-28-38)85-29-42-15-16-43(30-85)88(42)44-33-104-34-44/h9-10,12-13,17-18,20-22,24,27-28,40,42-44,47,53,57,61H,15-16,19,23,25-26,29-35H2,1-8H3,(H,82,97)(H,84,92)(H,93,94)(H,95,96)(H2,99,100,101)/t40-,42?,43?,47-,53+,57-/m1/s1.